The molecule has 2 aliphatic rings. The van der Waals surface area contributed by atoms with E-state index >= 15 is 0 Å². The standard InChI is InChI=1S/C17H34N4/c1-14(2)11-15(20(4)5)12-19-16(18-3)21-10-9-17(13-21)7-6-8-17/h14-15H,6-13H2,1-5H3,(H,18,19). The summed E-state index contributed by atoms with van der Waals surface area (Å²) in [6.07, 6.45) is 6.86. The Kier molecular flexibility index (Phi) is 5.53. The summed E-state index contributed by atoms with van der Waals surface area (Å²) < 4.78 is 0. The highest BCUT2D eigenvalue weighted by Crippen LogP contribution is 2.47. The van der Waals surface area contributed by atoms with E-state index in [1.165, 1.54) is 45.2 Å². The van der Waals surface area contributed by atoms with Crippen LogP contribution in [-0.2, 0) is 0 Å². The molecule has 2 rings (SSSR count). The molecule has 0 radical (unpaired) electrons. The molecule has 1 saturated heterocycles. The molecule has 21 heavy (non-hydrogen) atoms. The number of guanidine groups is 1. The van der Waals surface area contributed by atoms with E-state index in [-0.39, 0.29) is 0 Å². The number of hydrogen-bond acceptors (Lipinski definition) is 2. The third-order valence-corrected chi connectivity index (χ3v) is 5.33. The molecule has 1 N–H and O–H groups in total. The van der Waals surface area contributed by atoms with Gasteiger partial charge < -0.3 is 15.1 Å². The molecule has 1 saturated carbocycles. The highest BCUT2D eigenvalue weighted by molar-refractivity contribution is 5.80. The molecule has 4 nitrogen and oxygen atoms in total. The Morgan fingerprint density at radius 1 is 1.29 bits per heavy atom. The average Bonchev–Trinajstić information content (AvgIpc) is 2.82. The second kappa shape index (κ2) is 6.99. The first kappa shape index (κ1) is 16.6. The van der Waals surface area contributed by atoms with Gasteiger partial charge in [0, 0.05) is 32.7 Å². The lowest BCUT2D eigenvalue weighted by Crippen LogP contribution is -2.47. The van der Waals surface area contributed by atoms with Crippen LogP contribution in [0, 0.1) is 11.3 Å². The van der Waals surface area contributed by atoms with Gasteiger partial charge in [-0.25, -0.2) is 0 Å². The lowest BCUT2D eigenvalue weighted by molar-refractivity contribution is 0.151. The van der Waals surface area contributed by atoms with Crippen molar-refractivity contribution in [2.75, 3.05) is 40.8 Å². The second-order valence-corrected chi connectivity index (χ2v) is 7.70. The minimum absolute atomic E-state index is 0.571. The number of nitrogens with one attached hydrogen (secondary N) is 1. The van der Waals surface area contributed by atoms with Crippen molar-refractivity contribution < 1.29 is 0 Å². The quantitative estimate of drug-likeness (QED) is 0.624. The van der Waals surface area contributed by atoms with Crippen LogP contribution in [0.4, 0.5) is 0 Å². The number of aliphatic imine (C=N–C) groups is 1. The maximum Gasteiger partial charge on any atom is 0.193 e. The SMILES string of the molecule is CN=C(NCC(CC(C)C)N(C)C)N1CCC2(CCC2)C1. The Balaban J connectivity index is 1.84. The Hall–Kier alpha value is -0.770. The minimum atomic E-state index is 0.571. The van der Waals surface area contributed by atoms with Gasteiger partial charge >= 0.3 is 0 Å². The molecule has 0 amide bonds. The third-order valence-electron chi connectivity index (χ3n) is 5.33. The van der Waals surface area contributed by atoms with E-state index in [0.29, 0.717) is 11.5 Å². The molecule has 2 fully saturated rings. The third kappa shape index (κ3) is 4.12. The Morgan fingerprint density at radius 2 is 2.00 bits per heavy atom. The largest absolute Gasteiger partial charge is 0.355 e. The zero-order valence-electron chi connectivity index (χ0n) is 14.7. The molecule has 1 aliphatic carbocycles. The van der Waals surface area contributed by atoms with E-state index in [1.54, 1.807) is 0 Å². The van der Waals surface area contributed by atoms with Crippen LogP contribution in [0.1, 0.15) is 46.0 Å². The molecule has 1 unspecified atom stereocenters. The number of likely N-dealkylation sites (N-methyl/N-ethyl adjacent to an activating group) is 1. The lowest BCUT2D eigenvalue weighted by atomic mass is 9.68. The van der Waals surface area contributed by atoms with Crippen molar-refractivity contribution in [3.8, 4) is 0 Å². The Bertz CT molecular complexity index is 358. The van der Waals surface area contributed by atoms with E-state index in [1.807, 2.05) is 7.05 Å². The summed E-state index contributed by atoms with van der Waals surface area (Å²) >= 11 is 0. The van der Waals surface area contributed by atoms with Crippen molar-refractivity contribution in [2.24, 2.45) is 16.3 Å². The zero-order chi connectivity index (χ0) is 15.5. The summed E-state index contributed by atoms with van der Waals surface area (Å²) in [6, 6.07) is 0.571. The lowest BCUT2D eigenvalue weighted by Gasteiger charge is -2.38. The second-order valence-electron chi connectivity index (χ2n) is 7.70. The van der Waals surface area contributed by atoms with E-state index in [2.05, 4.69) is 48.1 Å². The Morgan fingerprint density at radius 3 is 2.43 bits per heavy atom. The molecule has 122 valence electrons. The maximum absolute atomic E-state index is 4.52. The molecular formula is C17H34N4. The first-order valence-electron chi connectivity index (χ1n) is 8.58. The fourth-order valence-electron chi connectivity index (χ4n) is 3.76. The van der Waals surface area contributed by atoms with Gasteiger partial charge in [-0.1, -0.05) is 20.3 Å². The van der Waals surface area contributed by atoms with Crippen LogP contribution < -0.4 is 5.32 Å². The van der Waals surface area contributed by atoms with E-state index in [0.717, 1.165) is 18.4 Å². The molecule has 0 aromatic carbocycles. The Labute approximate surface area is 131 Å². The summed E-state index contributed by atoms with van der Waals surface area (Å²) in [4.78, 5) is 9.32. The first-order chi connectivity index (χ1) is 9.96. The molecule has 1 spiro atoms. The normalized spacial score (nSPS) is 23.0. The summed E-state index contributed by atoms with van der Waals surface area (Å²) in [5, 5.41) is 3.62. The van der Waals surface area contributed by atoms with Gasteiger partial charge in [-0.3, -0.25) is 4.99 Å². The highest BCUT2D eigenvalue weighted by Gasteiger charge is 2.43. The van der Waals surface area contributed by atoms with E-state index in [4.69, 9.17) is 0 Å². The van der Waals surface area contributed by atoms with Gasteiger partial charge in [0.25, 0.3) is 0 Å². The van der Waals surface area contributed by atoms with Crippen LogP contribution in [0.3, 0.4) is 0 Å². The number of nitrogens with zero attached hydrogens (tertiary/aromatic N) is 3. The zero-order valence-corrected chi connectivity index (χ0v) is 14.7. The molecule has 4 heteroatoms. The van der Waals surface area contributed by atoms with Gasteiger partial charge in [-0.15, -0.1) is 0 Å². The van der Waals surface area contributed by atoms with Crippen molar-refractivity contribution in [2.45, 2.75) is 52.0 Å². The number of rotatable bonds is 5. The van der Waals surface area contributed by atoms with E-state index < -0.39 is 0 Å². The molecule has 1 heterocycles. The summed E-state index contributed by atoms with van der Waals surface area (Å²) in [5.41, 5.74) is 0.635. The smallest absolute Gasteiger partial charge is 0.193 e. The molecule has 0 bridgehead atoms. The number of likely N-dealkylation sites (tertiary alicyclic amines) is 1. The molecule has 0 aromatic rings. The van der Waals surface area contributed by atoms with Crippen LogP contribution >= 0.6 is 0 Å². The fraction of sp³-hybridized carbons (Fsp3) is 0.941. The van der Waals surface area contributed by atoms with Gasteiger partial charge in [0.05, 0.1) is 0 Å². The van der Waals surface area contributed by atoms with Crippen LogP contribution in [0.5, 0.6) is 0 Å². The van der Waals surface area contributed by atoms with Gasteiger partial charge in [0.2, 0.25) is 0 Å². The fourth-order valence-corrected chi connectivity index (χ4v) is 3.76. The minimum Gasteiger partial charge on any atom is -0.355 e. The summed E-state index contributed by atoms with van der Waals surface area (Å²) in [7, 11) is 6.27. The van der Waals surface area contributed by atoms with E-state index in [9.17, 15) is 0 Å². The molecule has 1 aliphatic heterocycles. The summed E-state index contributed by atoms with van der Waals surface area (Å²) in [5.74, 6) is 1.83. The van der Waals surface area contributed by atoms with Crippen molar-refractivity contribution in [1.29, 1.82) is 0 Å². The van der Waals surface area contributed by atoms with Gasteiger partial charge in [0.15, 0.2) is 5.96 Å². The molecular weight excluding hydrogens is 260 g/mol. The molecule has 0 aromatic heterocycles. The maximum atomic E-state index is 4.52. The average molecular weight is 294 g/mol. The van der Waals surface area contributed by atoms with Crippen LogP contribution in [0.15, 0.2) is 4.99 Å². The van der Waals surface area contributed by atoms with Crippen molar-refractivity contribution in [3.63, 3.8) is 0 Å². The van der Waals surface area contributed by atoms with Crippen LogP contribution in [0.2, 0.25) is 0 Å². The van der Waals surface area contributed by atoms with Gasteiger partial charge in [-0.2, -0.15) is 0 Å². The van der Waals surface area contributed by atoms with Crippen LogP contribution in [-0.4, -0.2) is 62.6 Å². The van der Waals surface area contributed by atoms with Crippen molar-refractivity contribution in [3.05, 3.63) is 0 Å². The molecule has 1 atom stereocenters. The van der Waals surface area contributed by atoms with Gasteiger partial charge in [-0.05, 0) is 51.1 Å². The predicted molar refractivity (Wildman–Crippen MR) is 90.8 cm³/mol. The summed E-state index contributed by atoms with van der Waals surface area (Å²) in [6.45, 7) is 7.97. The number of hydrogen-bond donors (Lipinski definition) is 1. The van der Waals surface area contributed by atoms with Crippen molar-refractivity contribution in [1.82, 2.24) is 15.1 Å². The predicted octanol–water partition coefficient (Wildman–Crippen LogP) is 2.41. The highest BCUT2D eigenvalue weighted by atomic mass is 15.3. The first-order valence-corrected chi connectivity index (χ1v) is 8.58. The van der Waals surface area contributed by atoms with Gasteiger partial charge in [0.1, 0.15) is 0 Å². The van der Waals surface area contributed by atoms with Crippen LogP contribution in [0.25, 0.3) is 0 Å². The van der Waals surface area contributed by atoms with Crippen molar-refractivity contribution >= 4 is 5.96 Å². The topological polar surface area (TPSA) is 30.9 Å². The monoisotopic (exact) mass is 294 g/mol.